The molecule has 1 aliphatic rings. The number of ether oxygens (including phenoxy) is 1. The molecule has 2 amide bonds. The van der Waals surface area contributed by atoms with Crippen LogP contribution in [0.1, 0.15) is 25.7 Å². The Morgan fingerprint density at radius 2 is 2.09 bits per heavy atom. The van der Waals surface area contributed by atoms with Gasteiger partial charge in [-0.25, -0.2) is 4.79 Å². The number of aliphatic hydroxyl groups excluding tert-OH is 1. The summed E-state index contributed by atoms with van der Waals surface area (Å²) < 4.78 is 5.29. The second-order valence-electron chi connectivity index (χ2n) is 5.30. The maximum absolute atomic E-state index is 12.3. The fourth-order valence-electron chi connectivity index (χ4n) is 2.18. The van der Waals surface area contributed by atoms with Gasteiger partial charge in [0.2, 0.25) is 0 Å². The number of anilines is 1. The number of urea groups is 1. The molecule has 1 saturated carbocycles. The van der Waals surface area contributed by atoms with Crippen molar-refractivity contribution in [3.63, 3.8) is 0 Å². The third kappa shape index (κ3) is 4.97. The second kappa shape index (κ2) is 8.30. The van der Waals surface area contributed by atoms with Crippen LogP contribution in [-0.4, -0.2) is 41.8 Å². The van der Waals surface area contributed by atoms with Gasteiger partial charge in [-0.15, -0.1) is 6.42 Å². The molecule has 0 heterocycles. The van der Waals surface area contributed by atoms with E-state index in [9.17, 15) is 4.79 Å². The number of unbranched alkanes of at least 4 members (excludes halogenated alkanes) is 1. The van der Waals surface area contributed by atoms with Gasteiger partial charge in [-0.3, -0.25) is 0 Å². The molecule has 1 aliphatic carbocycles. The SMILES string of the molecule is C#CCOc1ccc(NC(=O)N(CCCCO)C2CC2)cc1. The molecule has 0 saturated heterocycles. The van der Waals surface area contributed by atoms with Crippen molar-refractivity contribution in [1.29, 1.82) is 0 Å². The molecule has 118 valence electrons. The summed E-state index contributed by atoms with van der Waals surface area (Å²) in [6.07, 6.45) is 8.80. The van der Waals surface area contributed by atoms with Gasteiger partial charge >= 0.3 is 6.03 Å². The Morgan fingerprint density at radius 1 is 1.36 bits per heavy atom. The molecule has 0 aliphatic heterocycles. The van der Waals surface area contributed by atoms with Crippen LogP contribution in [0.5, 0.6) is 5.75 Å². The maximum Gasteiger partial charge on any atom is 0.322 e. The van der Waals surface area contributed by atoms with Crippen molar-refractivity contribution in [2.75, 3.05) is 25.1 Å². The van der Waals surface area contributed by atoms with E-state index in [0.29, 0.717) is 18.3 Å². The first-order chi connectivity index (χ1) is 10.7. The molecule has 2 N–H and O–H groups in total. The molecule has 0 atom stereocenters. The molecule has 22 heavy (non-hydrogen) atoms. The third-order valence-corrected chi connectivity index (χ3v) is 3.48. The molecular weight excluding hydrogens is 280 g/mol. The average Bonchev–Trinajstić information content (AvgIpc) is 3.35. The minimum absolute atomic E-state index is 0.0854. The number of nitrogens with zero attached hydrogens (tertiary/aromatic N) is 1. The summed E-state index contributed by atoms with van der Waals surface area (Å²) in [5, 5.41) is 11.8. The maximum atomic E-state index is 12.3. The van der Waals surface area contributed by atoms with Crippen LogP contribution in [0.4, 0.5) is 10.5 Å². The van der Waals surface area contributed by atoms with E-state index in [1.54, 1.807) is 24.3 Å². The summed E-state index contributed by atoms with van der Waals surface area (Å²) in [5.41, 5.74) is 0.728. The topological polar surface area (TPSA) is 61.8 Å². The lowest BCUT2D eigenvalue weighted by Gasteiger charge is -2.22. The molecule has 1 aromatic carbocycles. The van der Waals surface area contributed by atoms with Crippen LogP contribution in [0.2, 0.25) is 0 Å². The Hall–Kier alpha value is -2.19. The predicted octanol–water partition coefficient (Wildman–Crippen LogP) is 2.47. The first-order valence-corrected chi connectivity index (χ1v) is 7.59. The number of hydrogen-bond donors (Lipinski definition) is 2. The second-order valence-corrected chi connectivity index (χ2v) is 5.30. The van der Waals surface area contributed by atoms with Gasteiger partial charge in [0.15, 0.2) is 0 Å². The molecule has 0 aromatic heterocycles. The minimum Gasteiger partial charge on any atom is -0.481 e. The first-order valence-electron chi connectivity index (χ1n) is 7.59. The number of rotatable bonds is 8. The lowest BCUT2D eigenvalue weighted by Crippen LogP contribution is -2.37. The number of aliphatic hydroxyl groups is 1. The summed E-state index contributed by atoms with van der Waals surface area (Å²) in [5.74, 6) is 3.08. The molecule has 0 spiro atoms. The number of hydrogen-bond acceptors (Lipinski definition) is 3. The van der Waals surface area contributed by atoms with Crippen LogP contribution < -0.4 is 10.1 Å². The summed E-state index contributed by atoms with van der Waals surface area (Å²) in [4.78, 5) is 14.2. The molecule has 5 nitrogen and oxygen atoms in total. The minimum atomic E-state index is -0.0854. The highest BCUT2D eigenvalue weighted by atomic mass is 16.5. The van der Waals surface area contributed by atoms with Gasteiger partial charge in [0.25, 0.3) is 0 Å². The van der Waals surface area contributed by atoms with Crippen molar-refractivity contribution in [1.82, 2.24) is 4.90 Å². The summed E-state index contributed by atoms with van der Waals surface area (Å²) in [6, 6.07) is 7.40. The Labute approximate surface area is 131 Å². The van der Waals surface area contributed by atoms with Crippen molar-refractivity contribution in [2.45, 2.75) is 31.7 Å². The fourth-order valence-corrected chi connectivity index (χ4v) is 2.18. The number of carbonyl (C=O) groups is 1. The zero-order chi connectivity index (χ0) is 15.8. The molecule has 2 rings (SSSR count). The van der Waals surface area contributed by atoms with Gasteiger partial charge in [0.1, 0.15) is 12.4 Å². The van der Waals surface area contributed by atoms with Crippen LogP contribution in [0.15, 0.2) is 24.3 Å². The van der Waals surface area contributed by atoms with Gasteiger partial charge in [-0.2, -0.15) is 0 Å². The van der Waals surface area contributed by atoms with Gasteiger partial charge in [0, 0.05) is 24.9 Å². The van der Waals surface area contributed by atoms with Crippen molar-refractivity contribution < 1.29 is 14.6 Å². The quantitative estimate of drug-likeness (QED) is 0.573. The number of benzene rings is 1. The monoisotopic (exact) mass is 302 g/mol. The zero-order valence-electron chi connectivity index (χ0n) is 12.6. The summed E-state index contributed by atoms with van der Waals surface area (Å²) >= 11 is 0. The van der Waals surface area contributed by atoms with Crippen molar-refractivity contribution in [3.8, 4) is 18.1 Å². The highest BCUT2D eigenvalue weighted by molar-refractivity contribution is 5.89. The van der Waals surface area contributed by atoms with E-state index in [0.717, 1.165) is 31.4 Å². The number of amides is 2. The van der Waals surface area contributed by atoms with Crippen LogP contribution in [-0.2, 0) is 0 Å². The van der Waals surface area contributed by atoms with Crippen LogP contribution in [0.3, 0.4) is 0 Å². The normalized spacial score (nSPS) is 13.3. The van der Waals surface area contributed by atoms with Crippen molar-refractivity contribution in [2.24, 2.45) is 0 Å². The van der Waals surface area contributed by atoms with E-state index in [1.807, 2.05) is 4.90 Å². The molecule has 5 heteroatoms. The summed E-state index contributed by atoms with van der Waals surface area (Å²) in [6.45, 7) is 1.08. The Morgan fingerprint density at radius 3 is 2.68 bits per heavy atom. The Bertz CT molecular complexity index is 518. The van der Waals surface area contributed by atoms with E-state index in [2.05, 4.69) is 11.2 Å². The van der Waals surface area contributed by atoms with E-state index in [4.69, 9.17) is 16.3 Å². The van der Waals surface area contributed by atoms with E-state index < -0.39 is 0 Å². The van der Waals surface area contributed by atoms with E-state index in [-0.39, 0.29) is 19.2 Å². The van der Waals surface area contributed by atoms with Crippen LogP contribution in [0.25, 0.3) is 0 Å². The largest absolute Gasteiger partial charge is 0.481 e. The van der Waals surface area contributed by atoms with Crippen LogP contribution in [0, 0.1) is 12.3 Å². The highest BCUT2D eigenvalue weighted by Gasteiger charge is 2.32. The van der Waals surface area contributed by atoms with Gasteiger partial charge in [-0.05, 0) is 49.9 Å². The smallest absolute Gasteiger partial charge is 0.322 e. The first kappa shape index (κ1) is 16.2. The summed E-state index contributed by atoms with van der Waals surface area (Å²) in [7, 11) is 0. The average molecular weight is 302 g/mol. The molecule has 0 bridgehead atoms. The zero-order valence-corrected chi connectivity index (χ0v) is 12.6. The van der Waals surface area contributed by atoms with Gasteiger partial charge in [-0.1, -0.05) is 5.92 Å². The predicted molar refractivity (Wildman–Crippen MR) is 85.8 cm³/mol. The number of nitrogens with one attached hydrogen (secondary N) is 1. The van der Waals surface area contributed by atoms with E-state index >= 15 is 0 Å². The highest BCUT2D eigenvalue weighted by Crippen LogP contribution is 2.28. The Balaban J connectivity index is 1.87. The molecule has 1 aromatic rings. The molecule has 0 radical (unpaired) electrons. The third-order valence-electron chi connectivity index (χ3n) is 3.48. The lowest BCUT2D eigenvalue weighted by molar-refractivity contribution is 0.204. The fraction of sp³-hybridized carbons (Fsp3) is 0.471. The van der Waals surface area contributed by atoms with Crippen molar-refractivity contribution >= 4 is 11.7 Å². The standard InChI is InChI=1S/C17H22N2O3/c1-2-13-22-16-9-5-14(6-10-16)18-17(21)19(15-7-8-15)11-3-4-12-20/h1,5-6,9-10,15,20H,3-4,7-8,11-13H2,(H,18,21). The number of carbonyl (C=O) groups excluding carboxylic acids is 1. The van der Waals surface area contributed by atoms with Crippen LogP contribution >= 0.6 is 0 Å². The van der Waals surface area contributed by atoms with Crippen molar-refractivity contribution in [3.05, 3.63) is 24.3 Å². The van der Waals surface area contributed by atoms with E-state index in [1.165, 1.54) is 0 Å². The van der Waals surface area contributed by atoms with Gasteiger partial charge in [0.05, 0.1) is 0 Å². The molecular formula is C17H22N2O3. The van der Waals surface area contributed by atoms with Gasteiger partial charge < -0.3 is 20.1 Å². The molecule has 1 fully saturated rings. The lowest BCUT2D eigenvalue weighted by atomic mass is 10.3. The Kier molecular flexibility index (Phi) is 6.11. The number of terminal acetylenes is 1. The molecule has 0 unspecified atom stereocenters.